The van der Waals surface area contributed by atoms with Crippen LogP contribution in [0.1, 0.15) is 58.8 Å². The molecule has 0 radical (unpaired) electrons. The standard InChI is InChI=1S/C16H28N/c1-4-13-8-10-17(3)11-9-14-6-5-7-15(14)16(17,2)12-13/h13H,4-12H2,1-3H3/q+1/t13-,16+,17?/m1/s1. The quantitative estimate of drug-likeness (QED) is 0.477. The van der Waals surface area contributed by atoms with E-state index in [0.29, 0.717) is 5.54 Å². The highest BCUT2D eigenvalue weighted by atomic mass is 15.4. The van der Waals surface area contributed by atoms with Gasteiger partial charge in [0.2, 0.25) is 0 Å². The third-order valence-electron chi connectivity index (χ3n) is 6.38. The Morgan fingerprint density at radius 2 is 2.06 bits per heavy atom. The molecule has 0 N–H and O–H groups in total. The molecule has 3 rings (SSSR count). The van der Waals surface area contributed by atoms with E-state index in [4.69, 9.17) is 0 Å². The Kier molecular flexibility index (Phi) is 2.66. The zero-order valence-electron chi connectivity index (χ0n) is 11.9. The van der Waals surface area contributed by atoms with Gasteiger partial charge >= 0.3 is 0 Å². The van der Waals surface area contributed by atoms with E-state index in [0.717, 1.165) is 5.92 Å². The van der Waals surface area contributed by atoms with Crippen molar-refractivity contribution >= 4 is 0 Å². The molecule has 0 aromatic rings. The molecule has 1 saturated heterocycles. The monoisotopic (exact) mass is 234 g/mol. The summed E-state index contributed by atoms with van der Waals surface area (Å²) in [5.41, 5.74) is 4.26. The van der Waals surface area contributed by atoms with Crippen LogP contribution < -0.4 is 0 Å². The molecular weight excluding hydrogens is 206 g/mol. The summed E-state index contributed by atoms with van der Waals surface area (Å²) >= 11 is 0. The normalized spacial score (nSPS) is 45.7. The highest BCUT2D eigenvalue weighted by molar-refractivity contribution is 5.30. The van der Waals surface area contributed by atoms with Crippen molar-refractivity contribution in [2.75, 3.05) is 20.1 Å². The summed E-state index contributed by atoms with van der Waals surface area (Å²) in [7, 11) is 2.54. The van der Waals surface area contributed by atoms with Gasteiger partial charge in [-0.3, -0.25) is 0 Å². The van der Waals surface area contributed by atoms with Crippen molar-refractivity contribution < 1.29 is 4.48 Å². The van der Waals surface area contributed by atoms with Crippen molar-refractivity contribution in [3.63, 3.8) is 0 Å². The van der Waals surface area contributed by atoms with Crippen molar-refractivity contribution in [2.24, 2.45) is 5.92 Å². The molecule has 3 atom stereocenters. The number of rotatable bonds is 1. The maximum atomic E-state index is 2.59. The molecule has 0 aromatic carbocycles. The zero-order valence-corrected chi connectivity index (χ0v) is 11.9. The minimum absolute atomic E-state index is 0.503. The lowest BCUT2D eigenvalue weighted by atomic mass is 9.70. The Morgan fingerprint density at radius 1 is 1.24 bits per heavy atom. The molecule has 0 saturated carbocycles. The number of quaternary nitrogens is 1. The lowest BCUT2D eigenvalue weighted by Gasteiger charge is -2.57. The SMILES string of the molecule is CC[C@@H]1CC[N+]2(C)CCC3=C(CCC3)[C@]2(C)C1. The molecule has 2 heterocycles. The Morgan fingerprint density at radius 3 is 2.82 bits per heavy atom. The Balaban J connectivity index is 1.99. The van der Waals surface area contributed by atoms with Gasteiger partial charge in [0.05, 0.1) is 20.1 Å². The van der Waals surface area contributed by atoms with Crippen molar-refractivity contribution in [3.05, 3.63) is 11.1 Å². The average Bonchev–Trinajstić information content (AvgIpc) is 2.79. The molecule has 0 bridgehead atoms. The van der Waals surface area contributed by atoms with Crippen molar-refractivity contribution in [3.8, 4) is 0 Å². The molecule has 2 aliphatic heterocycles. The molecule has 3 aliphatic rings. The van der Waals surface area contributed by atoms with Crippen LogP contribution in [0.2, 0.25) is 0 Å². The molecule has 17 heavy (non-hydrogen) atoms. The minimum atomic E-state index is 0.503. The summed E-state index contributed by atoms with van der Waals surface area (Å²) < 4.78 is 1.35. The fraction of sp³-hybridized carbons (Fsp3) is 0.875. The van der Waals surface area contributed by atoms with Gasteiger partial charge < -0.3 is 4.48 Å². The highest BCUT2D eigenvalue weighted by Crippen LogP contribution is 2.51. The van der Waals surface area contributed by atoms with Crippen LogP contribution in [0.15, 0.2) is 11.1 Å². The summed E-state index contributed by atoms with van der Waals surface area (Å²) in [6.45, 7) is 7.81. The van der Waals surface area contributed by atoms with E-state index in [1.807, 2.05) is 11.1 Å². The van der Waals surface area contributed by atoms with E-state index in [9.17, 15) is 0 Å². The minimum Gasteiger partial charge on any atom is -0.318 e. The van der Waals surface area contributed by atoms with Gasteiger partial charge in [0, 0.05) is 12.8 Å². The first-order valence-corrected chi connectivity index (χ1v) is 7.65. The number of nitrogens with zero attached hydrogens (tertiary/aromatic N) is 1. The smallest absolute Gasteiger partial charge is 0.118 e. The van der Waals surface area contributed by atoms with Crippen LogP contribution in [0.25, 0.3) is 0 Å². The molecule has 96 valence electrons. The highest BCUT2D eigenvalue weighted by Gasteiger charge is 2.54. The molecule has 1 aliphatic carbocycles. The topological polar surface area (TPSA) is 0 Å². The van der Waals surface area contributed by atoms with Crippen LogP contribution in [0, 0.1) is 5.92 Å². The van der Waals surface area contributed by atoms with Crippen LogP contribution in [0.3, 0.4) is 0 Å². The van der Waals surface area contributed by atoms with Gasteiger partial charge in [-0.2, -0.15) is 0 Å². The molecule has 0 aromatic heterocycles. The van der Waals surface area contributed by atoms with E-state index < -0.39 is 0 Å². The second-order valence-electron chi connectivity index (χ2n) is 7.07. The predicted octanol–water partition coefficient (Wildman–Crippen LogP) is 3.90. The maximum Gasteiger partial charge on any atom is 0.118 e. The van der Waals surface area contributed by atoms with Crippen molar-refractivity contribution in [2.45, 2.75) is 64.3 Å². The van der Waals surface area contributed by atoms with Crippen LogP contribution in [-0.4, -0.2) is 30.2 Å². The van der Waals surface area contributed by atoms with E-state index in [1.165, 1.54) is 62.5 Å². The van der Waals surface area contributed by atoms with Gasteiger partial charge in [0.15, 0.2) is 0 Å². The first-order valence-electron chi connectivity index (χ1n) is 7.65. The molecule has 1 unspecified atom stereocenters. The van der Waals surface area contributed by atoms with Gasteiger partial charge in [-0.1, -0.05) is 18.9 Å². The summed E-state index contributed by atoms with van der Waals surface area (Å²) in [6, 6.07) is 0. The second kappa shape index (κ2) is 3.85. The van der Waals surface area contributed by atoms with E-state index in [2.05, 4.69) is 20.9 Å². The molecule has 1 nitrogen and oxygen atoms in total. The summed E-state index contributed by atoms with van der Waals surface area (Å²) in [5.74, 6) is 0.985. The van der Waals surface area contributed by atoms with E-state index in [-0.39, 0.29) is 0 Å². The van der Waals surface area contributed by atoms with Crippen LogP contribution in [-0.2, 0) is 0 Å². The Hall–Kier alpha value is -0.300. The first kappa shape index (κ1) is 11.8. The van der Waals surface area contributed by atoms with Gasteiger partial charge in [-0.15, -0.1) is 0 Å². The van der Waals surface area contributed by atoms with E-state index in [1.54, 1.807) is 0 Å². The van der Waals surface area contributed by atoms with Gasteiger partial charge in [0.1, 0.15) is 5.54 Å². The first-order chi connectivity index (χ1) is 8.09. The summed E-state index contributed by atoms with van der Waals surface area (Å²) in [6.07, 6.45) is 9.98. The fourth-order valence-electron chi connectivity index (χ4n) is 4.87. The maximum absolute atomic E-state index is 2.59. The van der Waals surface area contributed by atoms with Gasteiger partial charge in [0.25, 0.3) is 0 Å². The second-order valence-corrected chi connectivity index (χ2v) is 7.07. The van der Waals surface area contributed by atoms with Crippen molar-refractivity contribution in [1.29, 1.82) is 0 Å². The largest absolute Gasteiger partial charge is 0.318 e. The Bertz CT molecular complexity index is 357. The van der Waals surface area contributed by atoms with Crippen LogP contribution in [0.5, 0.6) is 0 Å². The third kappa shape index (κ3) is 1.54. The summed E-state index contributed by atoms with van der Waals surface area (Å²) in [4.78, 5) is 0. The third-order valence-corrected chi connectivity index (χ3v) is 6.38. The number of hydrogen-bond acceptors (Lipinski definition) is 0. The fourth-order valence-corrected chi connectivity index (χ4v) is 4.87. The molecular formula is C16H28N+. The predicted molar refractivity (Wildman–Crippen MR) is 72.8 cm³/mol. The van der Waals surface area contributed by atoms with Crippen LogP contribution >= 0.6 is 0 Å². The van der Waals surface area contributed by atoms with Gasteiger partial charge in [-0.05, 0) is 44.1 Å². The van der Waals surface area contributed by atoms with Crippen LogP contribution in [0.4, 0.5) is 0 Å². The molecule has 0 spiro atoms. The summed E-state index contributed by atoms with van der Waals surface area (Å²) in [5, 5.41) is 0. The molecule has 1 fully saturated rings. The van der Waals surface area contributed by atoms with Gasteiger partial charge in [-0.25, -0.2) is 0 Å². The number of fused-ring (bicyclic) bond motifs is 2. The molecule has 1 heteroatoms. The van der Waals surface area contributed by atoms with Crippen molar-refractivity contribution in [1.82, 2.24) is 0 Å². The number of hydrogen-bond donors (Lipinski definition) is 0. The molecule has 0 amide bonds. The number of piperidine rings is 1. The van der Waals surface area contributed by atoms with E-state index >= 15 is 0 Å². The lowest BCUT2D eigenvalue weighted by molar-refractivity contribution is -0.959. The number of likely N-dealkylation sites (N-methyl/N-ethyl adjacent to an activating group) is 1. The Labute approximate surface area is 106 Å². The zero-order chi connectivity index (χ0) is 12.1. The average molecular weight is 234 g/mol. The lowest BCUT2D eigenvalue weighted by Crippen LogP contribution is -2.67.